The van der Waals surface area contributed by atoms with Gasteiger partial charge in [-0.15, -0.1) is 0 Å². The maximum Gasteiger partial charge on any atom is 0.216 e. The molecule has 0 saturated heterocycles. The second kappa shape index (κ2) is 8.71. The summed E-state index contributed by atoms with van der Waals surface area (Å²) < 4.78 is 8.79. The number of furan rings is 1. The van der Waals surface area contributed by atoms with Crippen LogP contribution in [0.25, 0.3) is 44.3 Å². The summed E-state index contributed by atoms with van der Waals surface area (Å²) in [7, 11) is 2.04. The Morgan fingerprint density at radius 1 is 0.914 bits per heavy atom. The SMILES string of the molecule is Cc1cc(C#N)c2c(oc3c(-c4ccc(C5CCCCC5)cc4)cccc32)c1-c1cccc[n+]1C. The van der Waals surface area contributed by atoms with Gasteiger partial charge < -0.3 is 4.42 Å². The molecule has 1 aliphatic carbocycles. The highest BCUT2D eigenvalue weighted by molar-refractivity contribution is 6.15. The van der Waals surface area contributed by atoms with E-state index in [0.717, 1.165) is 49.9 Å². The third-order valence-corrected chi connectivity index (χ3v) is 7.70. The molecule has 0 aliphatic heterocycles. The molecule has 0 radical (unpaired) electrons. The Labute approximate surface area is 206 Å². The first kappa shape index (κ1) is 21.6. The quantitative estimate of drug-likeness (QED) is 0.258. The second-order valence-corrected chi connectivity index (χ2v) is 9.87. The highest BCUT2D eigenvalue weighted by Gasteiger charge is 2.24. The Balaban J connectivity index is 1.56. The summed E-state index contributed by atoms with van der Waals surface area (Å²) >= 11 is 0. The molecule has 6 rings (SSSR count). The van der Waals surface area contributed by atoms with Crippen LogP contribution in [0.4, 0.5) is 0 Å². The Hall–Kier alpha value is -3.90. The van der Waals surface area contributed by atoms with E-state index in [1.165, 1.54) is 37.7 Å². The maximum absolute atomic E-state index is 10.00. The van der Waals surface area contributed by atoms with Crippen LogP contribution in [0.2, 0.25) is 0 Å². The van der Waals surface area contributed by atoms with Crippen molar-refractivity contribution in [3.8, 4) is 28.5 Å². The van der Waals surface area contributed by atoms with Crippen molar-refractivity contribution in [2.45, 2.75) is 44.9 Å². The normalized spacial score (nSPS) is 14.4. The number of para-hydroxylation sites is 1. The number of benzene rings is 3. The van der Waals surface area contributed by atoms with Crippen LogP contribution in [0.5, 0.6) is 0 Å². The van der Waals surface area contributed by atoms with E-state index in [-0.39, 0.29) is 0 Å². The molecule has 2 heterocycles. The minimum absolute atomic E-state index is 0.656. The molecule has 1 saturated carbocycles. The molecule has 3 heteroatoms. The fraction of sp³-hybridized carbons (Fsp3) is 0.250. The van der Waals surface area contributed by atoms with Crippen LogP contribution >= 0.6 is 0 Å². The van der Waals surface area contributed by atoms with Crippen LogP contribution in [0, 0.1) is 18.3 Å². The molecule has 0 atom stereocenters. The predicted molar refractivity (Wildman–Crippen MR) is 141 cm³/mol. The monoisotopic (exact) mass is 457 g/mol. The molecule has 3 nitrogen and oxygen atoms in total. The van der Waals surface area contributed by atoms with Gasteiger partial charge in [-0.1, -0.05) is 61.7 Å². The molecule has 1 fully saturated rings. The first-order valence-electron chi connectivity index (χ1n) is 12.6. The fourth-order valence-corrected chi connectivity index (χ4v) is 5.89. The largest absolute Gasteiger partial charge is 0.454 e. The molecule has 3 aromatic carbocycles. The van der Waals surface area contributed by atoms with E-state index in [1.54, 1.807) is 0 Å². The van der Waals surface area contributed by atoms with Crippen molar-refractivity contribution >= 4 is 21.9 Å². The van der Waals surface area contributed by atoms with Gasteiger partial charge in [0.2, 0.25) is 5.69 Å². The zero-order valence-electron chi connectivity index (χ0n) is 20.3. The number of nitriles is 1. The van der Waals surface area contributed by atoms with Crippen molar-refractivity contribution in [1.29, 1.82) is 5.26 Å². The second-order valence-electron chi connectivity index (χ2n) is 9.87. The fourth-order valence-electron chi connectivity index (χ4n) is 5.89. The van der Waals surface area contributed by atoms with Gasteiger partial charge in [-0.2, -0.15) is 5.26 Å². The van der Waals surface area contributed by atoms with Gasteiger partial charge in [0.15, 0.2) is 11.8 Å². The highest BCUT2D eigenvalue weighted by atomic mass is 16.3. The predicted octanol–water partition coefficient (Wildman–Crippen LogP) is 7.97. The molecule has 0 spiro atoms. The lowest BCUT2D eigenvalue weighted by atomic mass is 9.83. The van der Waals surface area contributed by atoms with Crippen LogP contribution in [0.15, 0.2) is 77.3 Å². The molecule has 172 valence electrons. The lowest BCUT2D eigenvalue weighted by Crippen LogP contribution is -2.30. The number of hydrogen-bond acceptors (Lipinski definition) is 2. The summed E-state index contributed by atoms with van der Waals surface area (Å²) in [6.45, 7) is 2.06. The van der Waals surface area contributed by atoms with Gasteiger partial charge in [-0.05, 0) is 54.5 Å². The first-order chi connectivity index (χ1) is 17.2. The average Bonchev–Trinajstić information content (AvgIpc) is 3.29. The zero-order valence-corrected chi connectivity index (χ0v) is 20.3. The summed E-state index contributed by atoms with van der Waals surface area (Å²) in [6, 6.07) is 25.9. The van der Waals surface area contributed by atoms with Crippen molar-refractivity contribution in [2.75, 3.05) is 0 Å². The number of hydrogen-bond donors (Lipinski definition) is 0. The van der Waals surface area contributed by atoms with Crippen LogP contribution in [-0.4, -0.2) is 0 Å². The van der Waals surface area contributed by atoms with Crippen LogP contribution in [-0.2, 0) is 7.05 Å². The van der Waals surface area contributed by atoms with Gasteiger partial charge in [0, 0.05) is 28.5 Å². The lowest BCUT2D eigenvalue weighted by Gasteiger charge is -2.22. The number of nitrogens with zero attached hydrogens (tertiary/aromatic N) is 2. The van der Waals surface area contributed by atoms with Gasteiger partial charge in [-0.3, -0.25) is 0 Å². The Kier molecular flexibility index (Phi) is 5.38. The van der Waals surface area contributed by atoms with Crippen molar-refractivity contribution in [3.63, 3.8) is 0 Å². The minimum atomic E-state index is 0.656. The van der Waals surface area contributed by atoms with Gasteiger partial charge in [0.05, 0.1) is 17.2 Å². The zero-order chi connectivity index (χ0) is 23.9. The van der Waals surface area contributed by atoms with Gasteiger partial charge in [-0.25, -0.2) is 4.57 Å². The molecule has 35 heavy (non-hydrogen) atoms. The molecular formula is C32H29N2O+. The lowest BCUT2D eigenvalue weighted by molar-refractivity contribution is -0.660. The van der Waals surface area contributed by atoms with Crippen molar-refractivity contribution in [1.82, 2.24) is 0 Å². The van der Waals surface area contributed by atoms with Crippen molar-refractivity contribution < 1.29 is 8.98 Å². The average molecular weight is 458 g/mol. The molecule has 0 amide bonds. The molecular weight excluding hydrogens is 428 g/mol. The number of aryl methyl sites for hydroxylation is 2. The standard InChI is InChI=1S/C32H29N2O/c1-21-19-25(20-33)30-27-12-8-11-26(24-16-14-23(15-17-24)22-9-4-3-5-10-22)31(27)35-32(30)29(21)28-13-6-7-18-34(28)2/h6-8,11-19,22H,3-5,9-10H2,1-2H3/q+1. The molecule has 1 aliphatic rings. The Bertz CT molecular complexity index is 1600. The van der Waals surface area contributed by atoms with Crippen LogP contribution in [0.1, 0.15) is 54.7 Å². The van der Waals surface area contributed by atoms with Gasteiger partial charge in [0.1, 0.15) is 12.6 Å². The van der Waals surface area contributed by atoms with E-state index in [2.05, 4.69) is 66.1 Å². The Morgan fingerprint density at radius 2 is 1.71 bits per heavy atom. The van der Waals surface area contributed by atoms with E-state index < -0.39 is 0 Å². The molecule has 0 N–H and O–H groups in total. The summed E-state index contributed by atoms with van der Waals surface area (Å²) in [6.07, 6.45) is 8.69. The van der Waals surface area contributed by atoms with E-state index in [9.17, 15) is 5.26 Å². The summed E-state index contributed by atoms with van der Waals surface area (Å²) in [4.78, 5) is 0. The first-order valence-corrected chi connectivity index (χ1v) is 12.6. The Morgan fingerprint density at radius 3 is 2.46 bits per heavy atom. The molecule has 0 unspecified atom stereocenters. The van der Waals surface area contributed by atoms with Gasteiger partial charge in [0.25, 0.3) is 0 Å². The van der Waals surface area contributed by atoms with E-state index in [1.807, 2.05) is 31.4 Å². The van der Waals surface area contributed by atoms with Crippen molar-refractivity contribution in [2.24, 2.45) is 7.05 Å². The number of aromatic nitrogens is 1. The number of pyridine rings is 1. The molecule has 5 aromatic rings. The van der Waals surface area contributed by atoms with E-state index in [4.69, 9.17) is 4.42 Å². The third-order valence-electron chi connectivity index (χ3n) is 7.70. The topological polar surface area (TPSA) is 40.8 Å². The number of rotatable bonds is 3. The third kappa shape index (κ3) is 3.61. The smallest absolute Gasteiger partial charge is 0.216 e. The van der Waals surface area contributed by atoms with E-state index >= 15 is 0 Å². The minimum Gasteiger partial charge on any atom is -0.454 e. The summed E-state index contributed by atoms with van der Waals surface area (Å²) in [5, 5.41) is 11.9. The number of fused-ring (bicyclic) bond motifs is 3. The van der Waals surface area contributed by atoms with E-state index in [0.29, 0.717) is 11.5 Å². The van der Waals surface area contributed by atoms with Crippen LogP contribution < -0.4 is 4.57 Å². The van der Waals surface area contributed by atoms with Crippen LogP contribution in [0.3, 0.4) is 0 Å². The molecule has 0 bridgehead atoms. The van der Waals surface area contributed by atoms with Gasteiger partial charge >= 0.3 is 0 Å². The summed E-state index contributed by atoms with van der Waals surface area (Å²) in [5.74, 6) is 0.690. The van der Waals surface area contributed by atoms with Crippen molar-refractivity contribution in [3.05, 3.63) is 89.6 Å². The molecule has 2 aromatic heterocycles. The highest BCUT2D eigenvalue weighted by Crippen LogP contribution is 2.42. The maximum atomic E-state index is 10.00. The summed E-state index contributed by atoms with van der Waals surface area (Å²) in [5.41, 5.74) is 9.09.